The number of nitrogens with zero attached hydrogens (tertiary/aromatic N) is 3. The van der Waals surface area contributed by atoms with Gasteiger partial charge in [-0.3, -0.25) is 9.80 Å². The van der Waals surface area contributed by atoms with Gasteiger partial charge >= 0.3 is 0 Å². The molecule has 146 valence electrons. The fourth-order valence-corrected chi connectivity index (χ4v) is 4.43. The average molecular weight is 382 g/mol. The van der Waals surface area contributed by atoms with Crippen molar-refractivity contribution in [1.29, 1.82) is 5.26 Å². The van der Waals surface area contributed by atoms with Crippen molar-refractivity contribution in [3.05, 3.63) is 107 Å². The topological polar surface area (TPSA) is 30.3 Å². The van der Waals surface area contributed by atoms with E-state index in [4.69, 9.17) is 0 Å². The van der Waals surface area contributed by atoms with Gasteiger partial charge in [0.05, 0.1) is 11.6 Å². The van der Waals surface area contributed by atoms with Crippen LogP contribution in [0.2, 0.25) is 0 Å². The van der Waals surface area contributed by atoms with Gasteiger partial charge in [-0.1, -0.05) is 78.9 Å². The second kappa shape index (κ2) is 9.05. The van der Waals surface area contributed by atoms with Crippen molar-refractivity contribution in [2.45, 2.75) is 18.5 Å². The second-order valence-electron chi connectivity index (χ2n) is 7.85. The first kappa shape index (κ1) is 19.4. The van der Waals surface area contributed by atoms with Gasteiger partial charge in [-0.15, -0.1) is 0 Å². The molecule has 3 nitrogen and oxygen atoms in total. The van der Waals surface area contributed by atoms with E-state index in [1.807, 2.05) is 18.2 Å². The quantitative estimate of drug-likeness (QED) is 0.652. The van der Waals surface area contributed by atoms with Gasteiger partial charge in [-0.2, -0.15) is 5.26 Å². The molecular weight excluding hydrogens is 354 g/mol. The average Bonchev–Trinajstić information content (AvgIpc) is 2.78. The van der Waals surface area contributed by atoms with Crippen LogP contribution in [0.25, 0.3) is 0 Å². The van der Waals surface area contributed by atoms with Crippen LogP contribution in [0.1, 0.15) is 28.2 Å². The molecule has 1 aliphatic heterocycles. The SMILES string of the molecule is CN1CCN(Cc2ccccc2C#N)CC1C(c1ccccc1)c1ccccc1. The molecule has 0 radical (unpaired) electrons. The lowest BCUT2D eigenvalue weighted by molar-refractivity contribution is 0.0815. The smallest absolute Gasteiger partial charge is 0.0995 e. The standard InChI is InChI=1S/C26H27N3/c1-28-16-17-29(19-24-15-9-8-14-23(24)18-27)20-25(28)26(21-10-4-2-5-11-21)22-12-6-3-7-13-22/h2-15,25-26H,16-17,19-20H2,1H3. The molecular formula is C26H27N3. The first-order chi connectivity index (χ1) is 14.3. The van der Waals surface area contributed by atoms with Gasteiger partial charge in [0.2, 0.25) is 0 Å². The van der Waals surface area contributed by atoms with Gasteiger partial charge in [-0.25, -0.2) is 0 Å². The monoisotopic (exact) mass is 381 g/mol. The molecule has 0 N–H and O–H groups in total. The molecule has 3 heteroatoms. The number of hydrogen-bond donors (Lipinski definition) is 0. The van der Waals surface area contributed by atoms with Crippen molar-refractivity contribution in [2.75, 3.05) is 26.7 Å². The Labute approximate surface area is 173 Å². The Bertz CT molecular complexity index is 923. The van der Waals surface area contributed by atoms with E-state index in [2.05, 4.69) is 89.6 Å². The summed E-state index contributed by atoms with van der Waals surface area (Å²) in [5.74, 6) is 0.316. The number of piperazine rings is 1. The lowest BCUT2D eigenvalue weighted by atomic mass is 9.83. The predicted octanol–water partition coefficient (Wildman–Crippen LogP) is 4.51. The van der Waals surface area contributed by atoms with E-state index in [1.54, 1.807) is 0 Å². The van der Waals surface area contributed by atoms with Crippen molar-refractivity contribution in [1.82, 2.24) is 9.80 Å². The van der Waals surface area contributed by atoms with Gasteiger partial charge in [0.1, 0.15) is 0 Å². The molecule has 0 spiro atoms. The molecule has 1 fully saturated rings. The Morgan fingerprint density at radius 1 is 0.862 bits per heavy atom. The number of likely N-dealkylation sites (N-methyl/N-ethyl adjacent to an activating group) is 1. The van der Waals surface area contributed by atoms with Crippen LogP contribution in [0.5, 0.6) is 0 Å². The third-order valence-electron chi connectivity index (χ3n) is 6.01. The van der Waals surface area contributed by atoms with Crippen LogP contribution in [0.4, 0.5) is 0 Å². The van der Waals surface area contributed by atoms with Crippen molar-refractivity contribution in [3.8, 4) is 6.07 Å². The van der Waals surface area contributed by atoms with Gasteiger partial charge in [0.15, 0.2) is 0 Å². The zero-order valence-electron chi connectivity index (χ0n) is 16.9. The molecule has 3 aromatic carbocycles. The van der Waals surface area contributed by atoms with E-state index >= 15 is 0 Å². The molecule has 1 unspecified atom stereocenters. The highest BCUT2D eigenvalue weighted by molar-refractivity contribution is 5.38. The van der Waals surface area contributed by atoms with Crippen molar-refractivity contribution in [3.63, 3.8) is 0 Å². The van der Waals surface area contributed by atoms with Crippen molar-refractivity contribution < 1.29 is 0 Å². The van der Waals surface area contributed by atoms with Crippen LogP contribution in [-0.2, 0) is 6.54 Å². The summed E-state index contributed by atoms with van der Waals surface area (Å²) in [4.78, 5) is 5.00. The minimum atomic E-state index is 0.316. The summed E-state index contributed by atoms with van der Waals surface area (Å²) in [6.07, 6.45) is 0. The zero-order valence-corrected chi connectivity index (χ0v) is 16.9. The summed E-state index contributed by atoms with van der Waals surface area (Å²) in [6.45, 7) is 3.84. The first-order valence-corrected chi connectivity index (χ1v) is 10.3. The molecule has 0 aromatic heterocycles. The zero-order chi connectivity index (χ0) is 20.1. The highest BCUT2D eigenvalue weighted by atomic mass is 15.3. The fourth-order valence-electron chi connectivity index (χ4n) is 4.43. The summed E-state index contributed by atoms with van der Waals surface area (Å²) in [5, 5.41) is 9.45. The molecule has 0 aliphatic carbocycles. The van der Waals surface area contributed by atoms with Crippen LogP contribution in [0, 0.1) is 11.3 Å². The van der Waals surface area contributed by atoms with Crippen LogP contribution in [0.15, 0.2) is 84.9 Å². The van der Waals surface area contributed by atoms with E-state index in [1.165, 1.54) is 11.1 Å². The Morgan fingerprint density at radius 3 is 2.07 bits per heavy atom. The Morgan fingerprint density at radius 2 is 1.45 bits per heavy atom. The summed E-state index contributed by atoms with van der Waals surface area (Å²) in [7, 11) is 2.24. The number of nitriles is 1. The van der Waals surface area contributed by atoms with Gasteiger partial charge < -0.3 is 0 Å². The highest BCUT2D eigenvalue weighted by Gasteiger charge is 2.33. The summed E-state index contributed by atoms with van der Waals surface area (Å²) < 4.78 is 0. The van der Waals surface area contributed by atoms with Crippen LogP contribution in [0.3, 0.4) is 0 Å². The van der Waals surface area contributed by atoms with Crippen LogP contribution >= 0.6 is 0 Å². The molecule has 1 aliphatic rings. The first-order valence-electron chi connectivity index (χ1n) is 10.3. The summed E-state index contributed by atoms with van der Waals surface area (Å²) >= 11 is 0. The maximum absolute atomic E-state index is 9.45. The largest absolute Gasteiger partial charge is 0.300 e. The third kappa shape index (κ3) is 4.40. The van der Waals surface area contributed by atoms with Gasteiger partial charge in [0, 0.05) is 38.1 Å². The molecule has 0 bridgehead atoms. The fraction of sp³-hybridized carbons (Fsp3) is 0.269. The molecule has 0 saturated carbocycles. The second-order valence-corrected chi connectivity index (χ2v) is 7.85. The van der Waals surface area contributed by atoms with E-state index in [0.717, 1.165) is 37.3 Å². The van der Waals surface area contributed by atoms with Crippen molar-refractivity contribution in [2.24, 2.45) is 0 Å². The summed E-state index contributed by atoms with van der Waals surface area (Å²) in [6, 6.07) is 32.4. The molecule has 29 heavy (non-hydrogen) atoms. The van der Waals surface area contributed by atoms with Gasteiger partial charge in [0.25, 0.3) is 0 Å². The number of hydrogen-bond acceptors (Lipinski definition) is 3. The van der Waals surface area contributed by atoms with E-state index in [-0.39, 0.29) is 0 Å². The van der Waals surface area contributed by atoms with Crippen molar-refractivity contribution >= 4 is 0 Å². The molecule has 1 heterocycles. The minimum Gasteiger partial charge on any atom is -0.300 e. The Hall–Kier alpha value is -2.93. The minimum absolute atomic E-state index is 0.316. The molecule has 0 amide bonds. The normalized spacial score (nSPS) is 17.9. The molecule has 1 atom stereocenters. The molecule has 3 aromatic rings. The van der Waals surface area contributed by atoms with E-state index in [9.17, 15) is 5.26 Å². The maximum Gasteiger partial charge on any atom is 0.0995 e. The lowest BCUT2D eigenvalue weighted by Crippen LogP contribution is -2.53. The molecule has 1 saturated heterocycles. The predicted molar refractivity (Wildman–Crippen MR) is 118 cm³/mol. The van der Waals surface area contributed by atoms with Crippen LogP contribution < -0.4 is 0 Å². The van der Waals surface area contributed by atoms with Crippen LogP contribution in [-0.4, -0.2) is 42.5 Å². The van der Waals surface area contributed by atoms with E-state index in [0.29, 0.717) is 12.0 Å². The number of benzene rings is 3. The number of rotatable bonds is 5. The molecule has 4 rings (SSSR count). The Balaban J connectivity index is 1.63. The lowest BCUT2D eigenvalue weighted by Gasteiger charge is -2.43. The van der Waals surface area contributed by atoms with E-state index < -0.39 is 0 Å². The third-order valence-corrected chi connectivity index (χ3v) is 6.01. The summed E-state index contributed by atoms with van der Waals surface area (Å²) in [5.41, 5.74) is 4.62. The Kier molecular flexibility index (Phi) is 6.05. The van der Waals surface area contributed by atoms with Gasteiger partial charge in [-0.05, 0) is 29.8 Å². The maximum atomic E-state index is 9.45. The highest BCUT2D eigenvalue weighted by Crippen LogP contribution is 2.32.